The molecule has 0 unspecified atom stereocenters. The number of carbonyl (C=O) groups is 1. The van der Waals surface area contributed by atoms with Gasteiger partial charge in [-0.2, -0.15) is 0 Å². The fourth-order valence-electron chi connectivity index (χ4n) is 2.85. The van der Waals surface area contributed by atoms with Crippen molar-refractivity contribution in [2.24, 2.45) is 0 Å². The second-order valence-electron chi connectivity index (χ2n) is 5.52. The van der Waals surface area contributed by atoms with Crippen molar-refractivity contribution in [1.82, 2.24) is 0 Å². The van der Waals surface area contributed by atoms with Crippen molar-refractivity contribution in [1.29, 1.82) is 0 Å². The van der Waals surface area contributed by atoms with Crippen LogP contribution in [0.25, 0.3) is 0 Å². The minimum absolute atomic E-state index is 0.0287. The van der Waals surface area contributed by atoms with Crippen molar-refractivity contribution in [3.05, 3.63) is 29.8 Å². The van der Waals surface area contributed by atoms with E-state index in [0.29, 0.717) is 0 Å². The molecule has 1 fully saturated rings. The molecule has 5 nitrogen and oxygen atoms in total. The highest BCUT2D eigenvalue weighted by Gasteiger charge is 2.29. The maximum atomic E-state index is 11.1. The first-order valence-corrected chi connectivity index (χ1v) is 7.10. The first kappa shape index (κ1) is 14.8. The van der Waals surface area contributed by atoms with Gasteiger partial charge >= 0.3 is 0 Å². The van der Waals surface area contributed by atoms with E-state index in [2.05, 4.69) is 7.05 Å². The predicted octanol–water partition coefficient (Wildman–Crippen LogP) is -2.71. The Morgan fingerprint density at radius 3 is 2.35 bits per heavy atom. The quantitative estimate of drug-likeness (QED) is 0.616. The Hall–Kier alpha value is -1.59. The molecule has 1 aromatic carbocycles. The summed E-state index contributed by atoms with van der Waals surface area (Å²) in [5.74, 6) is -0.191. The van der Waals surface area contributed by atoms with Crippen molar-refractivity contribution in [3.63, 3.8) is 0 Å². The van der Waals surface area contributed by atoms with Crippen molar-refractivity contribution in [2.45, 2.75) is 12.5 Å². The van der Waals surface area contributed by atoms with Gasteiger partial charge in [-0.05, 0) is 24.3 Å². The van der Waals surface area contributed by atoms with E-state index in [-0.39, 0.29) is 12.5 Å². The van der Waals surface area contributed by atoms with Gasteiger partial charge in [-0.1, -0.05) is 0 Å². The lowest BCUT2D eigenvalue weighted by atomic mass is 10.0. The van der Waals surface area contributed by atoms with Crippen LogP contribution in [-0.4, -0.2) is 46.3 Å². The lowest BCUT2D eigenvalue weighted by Crippen LogP contribution is -3.27. The normalized spacial score (nSPS) is 24.1. The Labute approximate surface area is 119 Å². The van der Waals surface area contributed by atoms with E-state index < -0.39 is 5.97 Å². The Bertz CT molecular complexity index is 439. The second kappa shape index (κ2) is 6.72. The molecule has 1 heterocycles. The third-order valence-electron chi connectivity index (χ3n) is 4.13. The van der Waals surface area contributed by atoms with Crippen LogP contribution in [0, 0.1) is 0 Å². The molecule has 1 atom stereocenters. The molecule has 0 aliphatic carbocycles. The number of carbonyl (C=O) groups excluding carboxylic acids is 1. The largest absolute Gasteiger partial charge is 0.550 e. The number of methoxy groups -OCH3 is 1. The fraction of sp³-hybridized carbons (Fsp3) is 0.533. The van der Waals surface area contributed by atoms with E-state index in [4.69, 9.17) is 4.74 Å². The topological polar surface area (TPSA) is 58.2 Å². The van der Waals surface area contributed by atoms with E-state index in [9.17, 15) is 9.90 Å². The SMILES string of the molecule is COc1ccc([C@@H](CC(=O)[O-])[NH+]2CC[NH+](C)CC2)cc1. The van der Waals surface area contributed by atoms with E-state index in [1.165, 1.54) is 9.80 Å². The molecule has 2 N–H and O–H groups in total. The van der Waals surface area contributed by atoms with Crippen molar-refractivity contribution >= 4 is 5.97 Å². The summed E-state index contributed by atoms with van der Waals surface area (Å²) in [6.45, 7) is 4.15. The Morgan fingerprint density at radius 1 is 1.25 bits per heavy atom. The number of hydrogen-bond donors (Lipinski definition) is 2. The molecule has 0 saturated carbocycles. The Morgan fingerprint density at radius 2 is 1.85 bits per heavy atom. The molecule has 0 aromatic heterocycles. The predicted molar refractivity (Wildman–Crippen MR) is 72.7 cm³/mol. The summed E-state index contributed by atoms with van der Waals surface area (Å²) in [6, 6.07) is 7.67. The summed E-state index contributed by atoms with van der Waals surface area (Å²) in [5.41, 5.74) is 1.05. The van der Waals surface area contributed by atoms with Crippen LogP contribution in [0.1, 0.15) is 18.0 Å². The maximum Gasteiger partial charge on any atom is 0.127 e. The number of aliphatic carboxylic acids is 1. The van der Waals surface area contributed by atoms with Crippen LogP contribution < -0.4 is 19.6 Å². The standard InChI is InChI=1S/C15H22N2O3/c1-16-7-9-17(10-8-16)14(11-15(18)19)12-3-5-13(20-2)6-4-12/h3-6,14H,7-11H2,1-2H3,(H,18,19)/p+1/t14-/m1/s1. The Balaban J connectivity index is 2.15. The van der Waals surface area contributed by atoms with Crippen LogP contribution in [0.3, 0.4) is 0 Å². The van der Waals surface area contributed by atoms with Gasteiger partial charge in [0.05, 0.1) is 14.2 Å². The number of benzene rings is 1. The summed E-state index contributed by atoms with van der Waals surface area (Å²) >= 11 is 0. The molecule has 5 heteroatoms. The number of rotatable bonds is 5. The number of carboxylic acid groups (broad SMARTS) is 1. The third-order valence-corrected chi connectivity index (χ3v) is 4.13. The number of ether oxygens (including phenoxy) is 1. The summed E-state index contributed by atoms with van der Waals surface area (Å²) in [7, 11) is 3.81. The summed E-state index contributed by atoms with van der Waals surface area (Å²) in [4.78, 5) is 13.9. The van der Waals surface area contributed by atoms with Crippen LogP contribution in [0.15, 0.2) is 24.3 Å². The number of likely N-dealkylation sites (N-methyl/N-ethyl adjacent to an activating group) is 1. The lowest BCUT2D eigenvalue weighted by Gasteiger charge is -2.33. The van der Waals surface area contributed by atoms with Crippen LogP contribution in [-0.2, 0) is 4.79 Å². The monoisotopic (exact) mass is 279 g/mol. The number of carboxylic acids is 1. The van der Waals surface area contributed by atoms with Gasteiger partial charge in [0.25, 0.3) is 0 Å². The fourth-order valence-corrected chi connectivity index (χ4v) is 2.85. The van der Waals surface area contributed by atoms with Crippen molar-refractivity contribution in [2.75, 3.05) is 40.3 Å². The lowest BCUT2D eigenvalue weighted by molar-refractivity contribution is -1.02. The van der Waals surface area contributed by atoms with E-state index in [0.717, 1.165) is 37.5 Å². The van der Waals surface area contributed by atoms with Gasteiger partial charge in [-0.3, -0.25) is 0 Å². The zero-order chi connectivity index (χ0) is 14.5. The summed E-state index contributed by atoms with van der Waals surface area (Å²) < 4.78 is 5.15. The van der Waals surface area contributed by atoms with Gasteiger partial charge in [0.1, 0.15) is 38.0 Å². The van der Waals surface area contributed by atoms with E-state index in [1.54, 1.807) is 7.11 Å². The van der Waals surface area contributed by atoms with Gasteiger partial charge in [-0.25, -0.2) is 0 Å². The van der Waals surface area contributed by atoms with Gasteiger partial charge in [0, 0.05) is 18.0 Å². The molecule has 0 spiro atoms. The molecular weight excluding hydrogens is 256 g/mol. The minimum atomic E-state index is -0.982. The molecule has 1 aliphatic rings. The second-order valence-corrected chi connectivity index (χ2v) is 5.52. The number of piperazine rings is 1. The van der Waals surface area contributed by atoms with Gasteiger partial charge in [-0.15, -0.1) is 0 Å². The smallest absolute Gasteiger partial charge is 0.127 e. The van der Waals surface area contributed by atoms with Crippen LogP contribution >= 0.6 is 0 Å². The number of nitrogens with one attached hydrogen (secondary N) is 2. The van der Waals surface area contributed by atoms with E-state index >= 15 is 0 Å². The van der Waals surface area contributed by atoms with Gasteiger partial charge < -0.3 is 24.4 Å². The average Bonchev–Trinajstić information content (AvgIpc) is 2.46. The first-order chi connectivity index (χ1) is 9.60. The molecule has 1 saturated heterocycles. The summed E-state index contributed by atoms with van der Waals surface area (Å²) in [6.07, 6.45) is 0.0701. The molecule has 110 valence electrons. The molecule has 0 radical (unpaired) electrons. The molecule has 1 aliphatic heterocycles. The zero-order valence-electron chi connectivity index (χ0n) is 12.1. The van der Waals surface area contributed by atoms with Crippen LogP contribution in [0.2, 0.25) is 0 Å². The summed E-state index contributed by atoms with van der Waals surface area (Å²) in [5, 5.41) is 11.1. The molecule has 0 amide bonds. The van der Waals surface area contributed by atoms with Crippen molar-refractivity contribution < 1.29 is 24.4 Å². The maximum absolute atomic E-state index is 11.1. The van der Waals surface area contributed by atoms with E-state index in [1.807, 2.05) is 24.3 Å². The minimum Gasteiger partial charge on any atom is -0.550 e. The first-order valence-electron chi connectivity index (χ1n) is 7.10. The van der Waals surface area contributed by atoms with Gasteiger partial charge in [0.15, 0.2) is 0 Å². The molecular formula is C15H23N2O3+. The van der Waals surface area contributed by atoms with Crippen molar-refractivity contribution in [3.8, 4) is 5.75 Å². The van der Waals surface area contributed by atoms with Crippen LogP contribution in [0.5, 0.6) is 5.75 Å². The highest BCUT2D eigenvalue weighted by molar-refractivity contribution is 5.65. The number of hydrogen-bond acceptors (Lipinski definition) is 3. The highest BCUT2D eigenvalue weighted by Crippen LogP contribution is 2.18. The third kappa shape index (κ3) is 3.71. The molecule has 2 rings (SSSR count). The molecule has 20 heavy (non-hydrogen) atoms. The highest BCUT2D eigenvalue weighted by atomic mass is 16.5. The average molecular weight is 279 g/mol. The van der Waals surface area contributed by atoms with Gasteiger partial charge in [0.2, 0.25) is 0 Å². The zero-order valence-corrected chi connectivity index (χ0v) is 12.1. The molecule has 1 aromatic rings. The molecule has 0 bridgehead atoms. The number of quaternary nitrogens is 2. The van der Waals surface area contributed by atoms with Crippen LogP contribution in [0.4, 0.5) is 0 Å². The Kier molecular flexibility index (Phi) is 4.98.